The number of carbonyl (C=O) groups is 2. The number of primary amides is 1. The van der Waals surface area contributed by atoms with E-state index in [-0.39, 0.29) is 41.8 Å². The average Bonchev–Trinajstić information content (AvgIpc) is 2.32. The second-order valence-electron chi connectivity index (χ2n) is 6.93. The first kappa shape index (κ1) is 17.0. The molecule has 0 aromatic rings. The maximum absolute atomic E-state index is 12.8. The second-order valence-corrected chi connectivity index (χ2v) is 6.93. The van der Waals surface area contributed by atoms with Crippen LogP contribution in [0.1, 0.15) is 47.5 Å². The van der Waals surface area contributed by atoms with Crippen LogP contribution in [0.25, 0.3) is 0 Å². The Morgan fingerprint density at radius 3 is 2.30 bits per heavy atom. The number of carbonyl (C=O) groups excluding carboxylic acids is 2. The first-order chi connectivity index (χ1) is 9.09. The van der Waals surface area contributed by atoms with Gasteiger partial charge in [0, 0.05) is 18.0 Å². The van der Waals surface area contributed by atoms with Crippen LogP contribution in [0, 0.1) is 17.3 Å². The molecule has 0 radical (unpaired) electrons. The Labute approximate surface area is 122 Å². The van der Waals surface area contributed by atoms with Gasteiger partial charge >= 0.3 is 0 Å². The summed E-state index contributed by atoms with van der Waals surface area (Å²) in [5.74, 6) is -0.264. The summed E-state index contributed by atoms with van der Waals surface area (Å²) >= 11 is 0. The van der Waals surface area contributed by atoms with Crippen LogP contribution in [-0.4, -0.2) is 35.3 Å². The maximum Gasteiger partial charge on any atom is 0.237 e. The molecule has 1 aliphatic rings. The largest absolute Gasteiger partial charge is 0.368 e. The molecular weight excluding hydrogens is 254 g/mol. The van der Waals surface area contributed by atoms with Crippen LogP contribution in [0.2, 0.25) is 0 Å². The first-order valence-electron chi connectivity index (χ1n) is 7.43. The highest BCUT2D eigenvalue weighted by Crippen LogP contribution is 2.45. The summed E-state index contributed by atoms with van der Waals surface area (Å²) in [5.41, 5.74) is 11.2. The van der Waals surface area contributed by atoms with Crippen molar-refractivity contribution >= 4 is 11.8 Å². The fourth-order valence-electron chi connectivity index (χ4n) is 3.17. The first-order valence-corrected chi connectivity index (χ1v) is 7.43. The number of hydrogen-bond donors (Lipinski definition) is 2. The van der Waals surface area contributed by atoms with E-state index >= 15 is 0 Å². The van der Waals surface area contributed by atoms with E-state index in [1.165, 1.54) is 0 Å². The second kappa shape index (κ2) is 6.12. The quantitative estimate of drug-likeness (QED) is 0.810. The van der Waals surface area contributed by atoms with Gasteiger partial charge in [0.05, 0.1) is 6.54 Å². The van der Waals surface area contributed by atoms with Crippen molar-refractivity contribution in [2.75, 3.05) is 6.54 Å². The number of nitrogens with two attached hydrogens (primary N) is 2. The van der Waals surface area contributed by atoms with E-state index in [1.54, 1.807) is 4.90 Å². The fraction of sp³-hybridized carbons (Fsp3) is 0.867. The molecule has 5 heteroatoms. The van der Waals surface area contributed by atoms with Gasteiger partial charge in [0.2, 0.25) is 11.8 Å². The monoisotopic (exact) mass is 283 g/mol. The maximum atomic E-state index is 12.8. The van der Waals surface area contributed by atoms with Gasteiger partial charge in [0.25, 0.3) is 0 Å². The third-order valence-corrected chi connectivity index (χ3v) is 5.03. The number of hydrogen-bond acceptors (Lipinski definition) is 3. The fourth-order valence-corrected chi connectivity index (χ4v) is 3.17. The standard InChI is InChI=1S/C15H29N3O2/c1-9(2)18(8-13(17)19)14(20)11-6-7-12(16)10(3)15(11,4)5/h9-12H,6-8,16H2,1-5H3,(H2,17,19). The lowest BCUT2D eigenvalue weighted by Crippen LogP contribution is -2.54. The molecule has 3 unspecified atom stereocenters. The highest BCUT2D eigenvalue weighted by Gasteiger charge is 2.46. The molecule has 1 fully saturated rings. The topological polar surface area (TPSA) is 89.4 Å². The Bertz CT molecular complexity index is 379. The number of amides is 2. The van der Waals surface area contributed by atoms with E-state index in [9.17, 15) is 9.59 Å². The van der Waals surface area contributed by atoms with Crippen molar-refractivity contribution in [2.24, 2.45) is 28.7 Å². The van der Waals surface area contributed by atoms with Gasteiger partial charge in [0.1, 0.15) is 0 Å². The van der Waals surface area contributed by atoms with E-state index in [1.807, 2.05) is 13.8 Å². The third kappa shape index (κ3) is 3.32. The van der Waals surface area contributed by atoms with Gasteiger partial charge in [-0.1, -0.05) is 20.8 Å². The van der Waals surface area contributed by atoms with E-state index in [2.05, 4.69) is 20.8 Å². The van der Waals surface area contributed by atoms with Crippen molar-refractivity contribution in [2.45, 2.75) is 59.5 Å². The van der Waals surface area contributed by atoms with Crippen molar-refractivity contribution < 1.29 is 9.59 Å². The van der Waals surface area contributed by atoms with Gasteiger partial charge in [-0.3, -0.25) is 9.59 Å². The zero-order valence-electron chi connectivity index (χ0n) is 13.3. The Balaban J connectivity index is 2.96. The molecule has 1 rings (SSSR count). The lowest BCUT2D eigenvalue weighted by atomic mass is 9.60. The van der Waals surface area contributed by atoms with E-state index in [4.69, 9.17) is 11.5 Å². The Morgan fingerprint density at radius 1 is 1.30 bits per heavy atom. The van der Waals surface area contributed by atoms with Crippen molar-refractivity contribution in [3.8, 4) is 0 Å². The molecular formula is C15H29N3O2. The van der Waals surface area contributed by atoms with E-state index < -0.39 is 5.91 Å². The molecule has 0 aromatic heterocycles. The minimum absolute atomic E-state index is 0.0104. The van der Waals surface area contributed by atoms with Crippen LogP contribution in [0.15, 0.2) is 0 Å². The molecule has 116 valence electrons. The normalized spacial score (nSPS) is 29.2. The predicted molar refractivity (Wildman–Crippen MR) is 79.7 cm³/mol. The molecule has 1 aliphatic carbocycles. The minimum atomic E-state index is -0.467. The smallest absolute Gasteiger partial charge is 0.237 e. The third-order valence-electron chi connectivity index (χ3n) is 5.03. The predicted octanol–water partition coefficient (Wildman–Crippen LogP) is 1.11. The zero-order valence-corrected chi connectivity index (χ0v) is 13.3. The molecule has 2 amide bonds. The van der Waals surface area contributed by atoms with Crippen LogP contribution in [0.3, 0.4) is 0 Å². The number of rotatable bonds is 4. The van der Waals surface area contributed by atoms with Crippen LogP contribution in [-0.2, 0) is 9.59 Å². The molecule has 1 saturated carbocycles. The van der Waals surface area contributed by atoms with Gasteiger partial charge in [0.15, 0.2) is 0 Å². The molecule has 4 N–H and O–H groups in total. The molecule has 0 aromatic carbocycles. The molecule has 5 nitrogen and oxygen atoms in total. The van der Waals surface area contributed by atoms with Crippen molar-refractivity contribution in [1.82, 2.24) is 4.90 Å². The molecule has 0 spiro atoms. The summed E-state index contributed by atoms with van der Waals surface area (Å²) in [7, 11) is 0. The average molecular weight is 283 g/mol. The minimum Gasteiger partial charge on any atom is -0.368 e. The SMILES string of the molecule is CC(C)N(CC(N)=O)C(=O)C1CCC(N)C(C)C1(C)C. The number of nitrogens with zero attached hydrogens (tertiary/aromatic N) is 1. The summed E-state index contributed by atoms with van der Waals surface area (Å²) < 4.78 is 0. The Hall–Kier alpha value is -1.10. The van der Waals surface area contributed by atoms with Gasteiger partial charge in [-0.25, -0.2) is 0 Å². The van der Waals surface area contributed by atoms with Crippen molar-refractivity contribution in [1.29, 1.82) is 0 Å². The molecule has 20 heavy (non-hydrogen) atoms. The molecule has 0 aliphatic heterocycles. The highest BCUT2D eigenvalue weighted by atomic mass is 16.2. The highest BCUT2D eigenvalue weighted by molar-refractivity contribution is 5.85. The molecule has 0 saturated heterocycles. The molecule has 0 heterocycles. The van der Waals surface area contributed by atoms with Crippen LogP contribution in [0.5, 0.6) is 0 Å². The van der Waals surface area contributed by atoms with Gasteiger partial charge in [-0.15, -0.1) is 0 Å². The van der Waals surface area contributed by atoms with E-state index in [0.717, 1.165) is 12.8 Å². The summed E-state index contributed by atoms with van der Waals surface area (Å²) in [5, 5.41) is 0. The van der Waals surface area contributed by atoms with Crippen molar-refractivity contribution in [3.63, 3.8) is 0 Å². The Morgan fingerprint density at radius 2 is 1.85 bits per heavy atom. The summed E-state index contributed by atoms with van der Waals surface area (Å²) in [6.45, 7) is 10.1. The van der Waals surface area contributed by atoms with Gasteiger partial charge in [-0.2, -0.15) is 0 Å². The lowest BCUT2D eigenvalue weighted by molar-refractivity contribution is -0.147. The van der Waals surface area contributed by atoms with Crippen LogP contribution < -0.4 is 11.5 Å². The molecule has 3 atom stereocenters. The lowest BCUT2D eigenvalue weighted by Gasteiger charge is -2.47. The zero-order chi connectivity index (χ0) is 15.7. The van der Waals surface area contributed by atoms with Crippen molar-refractivity contribution in [3.05, 3.63) is 0 Å². The van der Waals surface area contributed by atoms with Crippen LogP contribution >= 0.6 is 0 Å². The Kier molecular flexibility index (Phi) is 5.19. The van der Waals surface area contributed by atoms with Crippen LogP contribution in [0.4, 0.5) is 0 Å². The van der Waals surface area contributed by atoms with Gasteiger partial charge < -0.3 is 16.4 Å². The summed E-state index contributed by atoms with van der Waals surface area (Å²) in [6, 6.07) is 0.106. The van der Waals surface area contributed by atoms with Gasteiger partial charge in [-0.05, 0) is 38.0 Å². The van der Waals surface area contributed by atoms with E-state index in [0.29, 0.717) is 0 Å². The molecule has 0 bridgehead atoms. The summed E-state index contributed by atoms with van der Waals surface area (Å²) in [4.78, 5) is 25.6. The summed E-state index contributed by atoms with van der Waals surface area (Å²) in [6.07, 6.45) is 1.63.